The first-order valence-corrected chi connectivity index (χ1v) is 22.6. The van der Waals surface area contributed by atoms with Gasteiger partial charge in [-0.1, -0.05) is 149 Å². The first kappa shape index (κ1) is 38.1. The van der Waals surface area contributed by atoms with Gasteiger partial charge in [0.1, 0.15) is 11.2 Å². The Morgan fingerprint density at radius 1 is 0.359 bits per heavy atom. The molecule has 12 aromatic rings. The van der Waals surface area contributed by atoms with Crippen LogP contribution in [-0.2, 0) is 0 Å². The SMILES string of the molecule is Cc1ccc2c(oc3ccccc32)c1N(c1ccccc1)c1cc(C(C)C)c2ccc3c(N(c4ccccc4)c4c(C)ccc5c4oc4ccccc45)cc(C(C)C)c4ccc1c2c43. The van der Waals surface area contributed by atoms with E-state index in [2.05, 4.69) is 221 Å². The molecule has 0 spiro atoms. The van der Waals surface area contributed by atoms with Crippen molar-refractivity contribution in [1.29, 1.82) is 0 Å². The molecule has 10 aromatic carbocycles. The van der Waals surface area contributed by atoms with Gasteiger partial charge < -0.3 is 18.6 Å². The predicted molar refractivity (Wildman–Crippen MR) is 272 cm³/mol. The number of para-hydroxylation sites is 4. The van der Waals surface area contributed by atoms with Crippen LogP contribution in [0.2, 0.25) is 0 Å². The maximum atomic E-state index is 6.86. The number of anilines is 6. The van der Waals surface area contributed by atoms with Gasteiger partial charge in [-0.25, -0.2) is 0 Å². The molecule has 0 aliphatic rings. The van der Waals surface area contributed by atoms with E-state index in [9.17, 15) is 0 Å². The number of hydrogen-bond acceptors (Lipinski definition) is 4. The van der Waals surface area contributed by atoms with E-state index in [0.717, 1.165) is 89.1 Å². The van der Waals surface area contributed by atoms with Gasteiger partial charge in [-0.3, -0.25) is 0 Å². The molecular weight excluding hydrogens is 781 g/mol. The molecule has 0 amide bonds. The van der Waals surface area contributed by atoms with Crippen LogP contribution in [0.5, 0.6) is 0 Å². The van der Waals surface area contributed by atoms with E-state index in [1.807, 2.05) is 0 Å². The Labute approximate surface area is 372 Å². The summed E-state index contributed by atoms with van der Waals surface area (Å²) in [5, 5.41) is 12.0. The lowest BCUT2D eigenvalue weighted by Crippen LogP contribution is -2.14. The highest BCUT2D eigenvalue weighted by Gasteiger charge is 2.29. The predicted octanol–water partition coefficient (Wildman–Crippen LogP) is 18.2. The van der Waals surface area contributed by atoms with Crippen LogP contribution in [0.3, 0.4) is 0 Å². The molecule has 0 aliphatic carbocycles. The van der Waals surface area contributed by atoms with E-state index in [1.54, 1.807) is 0 Å². The van der Waals surface area contributed by atoms with Crippen LogP contribution >= 0.6 is 0 Å². The third-order valence-corrected chi connectivity index (χ3v) is 13.6. The second-order valence-corrected chi connectivity index (χ2v) is 18.1. The van der Waals surface area contributed by atoms with Gasteiger partial charge in [0.25, 0.3) is 0 Å². The average Bonchev–Trinajstić information content (AvgIpc) is 3.89. The highest BCUT2D eigenvalue weighted by atomic mass is 16.3. The van der Waals surface area contributed by atoms with Gasteiger partial charge >= 0.3 is 0 Å². The first-order chi connectivity index (χ1) is 31.3. The van der Waals surface area contributed by atoms with E-state index < -0.39 is 0 Å². The summed E-state index contributed by atoms with van der Waals surface area (Å²) in [6.07, 6.45) is 0. The summed E-state index contributed by atoms with van der Waals surface area (Å²) >= 11 is 0. The normalized spacial score (nSPS) is 12.2. The standard InChI is InChI=1S/C60H48N2O2/c1-35(2)49-33-51(61(39-17-9-7-10-18-39)57-37(5)25-27-45-41-21-13-15-23-53(41)63-59(45)57)47-32-30-44-50(36(3)4)34-52(48-31-29-43(49)55(47)56(44)48)62(40-19-11-8-12-20-40)58-38(6)26-28-46-42-22-14-16-24-54(42)64-60(46)58/h7-36H,1-6H3. The van der Waals surface area contributed by atoms with E-state index in [1.165, 1.54) is 43.4 Å². The number of hydrogen-bond donors (Lipinski definition) is 0. The first-order valence-electron chi connectivity index (χ1n) is 22.6. The molecule has 12 rings (SSSR count). The van der Waals surface area contributed by atoms with Crippen molar-refractivity contribution in [1.82, 2.24) is 0 Å². The van der Waals surface area contributed by atoms with Crippen molar-refractivity contribution >= 4 is 110 Å². The highest BCUT2D eigenvalue weighted by molar-refractivity contribution is 6.30. The van der Waals surface area contributed by atoms with Gasteiger partial charge in [0.15, 0.2) is 11.2 Å². The Balaban J connectivity index is 1.22. The molecule has 0 radical (unpaired) electrons. The summed E-state index contributed by atoms with van der Waals surface area (Å²) in [5.41, 5.74) is 15.0. The number of benzene rings is 10. The fourth-order valence-electron chi connectivity index (χ4n) is 10.6. The van der Waals surface area contributed by atoms with Gasteiger partial charge in [-0.2, -0.15) is 0 Å². The van der Waals surface area contributed by atoms with Crippen molar-refractivity contribution in [2.24, 2.45) is 0 Å². The van der Waals surface area contributed by atoms with Gasteiger partial charge in [-0.05, 0) is 118 Å². The number of nitrogens with zero attached hydrogens (tertiary/aromatic N) is 2. The third kappa shape index (κ3) is 5.61. The van der Waals surface area contributed by atoms with Crippen LogP contribution in [0.1, 0.15) is 61.8 Å². The molecule has 0 bridgehead atoms. The van der Waals surface area contributed by atoms with Crippen molar-refractivity contribution in [3.05, 3.63) is 192 Å². The molecule has 0 saturated carbocycles. The minimum atomic E-state index is 0.252. The summed E-state index contributed by atoms with van der Waals surface area (Å²) in [6.45, 7) is 13.7. The molecule has 64 heavy (non-hydrogen) atoms. The zero-order valence-electron chi connectivity index (χ0n) is 37.0. The third-order valence-electron chi connectivity index (χ3n) is 13.6. The fraction of sp³-hybridized carbons (Fsp3) is 0.133. The summed E-state index contributed by atoms with van der Waals surface area (Å²) < 4.78 is 13.7. The van der Waals surface area contributed by atoms with Crippen molar-refractivity contribution < 1.29 is 8.83 Å². The smallest absolute Gasteiger partial charge is 0.159 e. The lowest BCUT2D eigenvalue weighted by molar-refractivity contribution is 0.668. The zero-order chi connectivity index (χ0) is 43.4. The van der Waals surface area contributed by atoms with Crippen LogP contribution in [0, 0.1) is 13.8 Å². The maximum Gasteiger partial charge on any atom is 0.159 e. The molecule has 4 nitrogen and oxygen atoms in total. The zero-order valence-corrected chi connectivity index (χ0v) is 37.0. The molecule has 2 aromatic heterocycles. The molecule has 0 saturated heterocycles. The molecule has 0 unspecified atom stereocenters. The van der Waals surface area contributed by atoms with Gasteiger partial charge in [-0.15, -0.1) is 0 Å². The Hall–Kier alpha value is -7.56. The summed E-state index contributed by atoms with van der Waals surface area (Å²) in [4.78, 5) is 4.92. The Kier molecular flexibility index (Phi) is 8.64. The average molecular weight is 829 g/mol. The minimum Gasteiger partial charge on any atom is -0.454 e. The van der Waals surface area contributed by atoms with Crippen molar-refractivity contribution in [3.8, 4) is 0 Å². The van der Waals surface area contributed by atoms with E-state index in [0.29, 0.717) is 0 Å². The molecule has 4 heteroatoms. The lowest BCUT2D eigenvalue weighted by atomic mass is 9.84. The number of aryl methyl sites for hydroxylation is 2. The van der Waals surface area contributed by atoms with Gasteiger partial charge in [0, 0.05) is 43.7 Å². The lowest BCUT2D eigenvalue weighted by Gasteiger charge is -2.32. The van der Waals surface area contributed by atoms with Crippen molar-refractivity contribution in [2.45, 2.75) is 53.4 Å². The van der Waals surface area contributed by atoms with E-state index >= 15 is 0 Å². The maximum absolute atomic E-state index is 6.86. The summed E-state index contributed by atoms with van der Waals surface area (Å²) in [5.74, 6) is 0.504. The molecule has 0 N–H and O–H groups in total. The molecule has 310 valence electrons. The number of rotatable bonds is 8. The summed E-state index contributed by atoms with van der Waals surface area (Å²) in [6, 6.07) is 61.8. The molecule has 0 aliphatic heterocycles. The highest BCUT2D eigenvalue weighted by Crippen LogP contribution is 2.53. The van der Waals surface area contributed by atoms with Crippen LogP contribution in [-0.4, -0.2) is 0 Å². The van der Waals surface area contributed by atoms with Crippen LogP contribution in [0.25, 0.3) is 76.2 Å². The second-order valence-electron chi connectivity index (χ2n) is 18.1. The molecular formula is C60H48N2O2. The fourth-order valence-corrected chi connectivity index (χ4v) is 10.6. The van der Waals surface area contributed by atoms with E-state index in [4.69, 9.17) is 8.83 Å². The topological polar surface area (TPSA) is 32.8 Å². The van der Waals surface area contributed by atoms with Crippen molar-refractivity contribution in [3.63, 3.8) is 0 Å². The Bertz CT molecular complexity index is 3510. The van der Waals surface area contributed by atoms with Crippen LogP contribution < -0.4 is 9.80 Å². The van der Waals surface area contributed by atoms with Gasteiger partial charge in [0.2, 0.25) is 0 Å². The minimum absolute atomic E-state index is 0.252. The van der Waals surface area contributed by atoms with Crippen molar-refractivity contribution in [2.75, 3.05) is 9.80 Å². The Morgan fingerprint density at radius 2 is 0.719 bits per heavy atom. The van der Waals surface area contributed by atoms with Crippen LogP contribution in [0.15, 0.2) is 179 Å². The number of furan rings is 2. The number of fused-ring (bicyclic) bond motifs is 6. The van der Waals surface area contributed by atoms with Gasteiger partial charge in [0.05, 0.1) is 22.7 Å². The summed E-state index contributed by atoms with van der Waals surface area (Å²) in [7, 11) is 0. The monoisotopic (exact) mass is 828 g/mol. The molecule has 2 heterocycles. The van der Waals surface area contributed by atoms with E-state index in [-0.39, 0.29) is 11.8 Å². The quantitative estimate of drug-likeness (QED) is 0.143. The van der Waals surface area contributed by atoms with Crippen LogP contribution in [0.4, 0.5) is 34.1 Å². The molecule has 0 fully saturated rings. The Morgan fingerprint density at radius 3 is 1.12 bits per heavy atom. The molecule has 0 atom stereocenters. The second kappa shape index (κ2) is 14.5. The largest absolute Gasteiger partial charge is 0.454 e.